The number of nitrogens with zero attached hydrogens (tertiary/aromatic N) is 4. The van der Waals surface area contributed by atoms with E-state index < -0.39 is 0 Å². The summed E-state index contributed by atoms with van der Waals surface area (Å²) < 4.78 is 0. The second-order valence-electron chi connectivity index (χ2n) is 2.52. The Morgan fingerprint density at radius 2 is 2.31 bits per heavy atom. The normalized spacial score (nSPS) is 10.2. The first-order valence-electron chi connectivity index (χ1n) is 3.67. The average molecular weight is 177 g/mol. The fourth-order valence-electron chi connectivity index (χ4n) is 0.972. The first-order chi connectivity index (χ1) is 6.25. The summed E-state index contributed by atoms with van der Waals surface area (Å²) in [6.07, 6.45) is 2.90. The summed E-state index contributed by atoms with van der Waals surface area (Å²) in [6.45, 7) is 0. The van der Waals surface area contributed by atoms with Gasteiger partial charge in [0.15, 0.2) is 0 Å². The molecular weight excluding hydrogens is 170 g/mol. The minimum Gasteiger partial charge on any atom is -0.313 e. The van der Waals surface area contributed by atoms with Gasteiger partial charge in [0.2, 0.25) is 0 Å². The van der Waals surface area contributed by atoms with Gasteiger partial charge in [-0.25, -0.2) is 4.98 Å². The number of rotatable bonds is 1. The van der Waals surface area contributed by atoms with Crippen LogP contribution in [0.1, 0.15) is 0 Å². The Balaban J connectivity index is 2.52. The third kappa shape index (κ3) is 1.46. The first kappa shape index (κ1) is 7.66. The van der Waals surface area contributed by atoms with E-state index in [4.69, 9.17) is 0 Å². The van der Waals surface area contributed by atoms with E-state index in [2.05, 4.69) is 20.2 Å². The molecule has 0 saturated heterocycles. The molecule has 0 fully saturated rings. The zero-order valence-electron chi connectivity index (χ0n) is 6.93. The zero-order valence-corrected chi connectivity index (χ0v) is 6.93. The lowest BCUT2D eigenvalue weighted by molar-refractivity contribution is 0.655. The van der Waals surface area contributed by atoms with Crippen molar-refractivity contribution in [3.8, 4) is 11.4 Å². The summed E-state index contributed by atoms with van der Waals surface area (Å²) in [4.78, 5) is 18.7. The molecule has 0 unspecified atom stereocenters. The smallest absolute Gasteiger partial charge is 0.251 e. The van der Waals surface area contributed by atoms with Crippen molar-refractivity contribution in [1.82, 2.24) is 25.0 Å². The predicted molar refractivity (Wildman–Crippen MR) is 44.9 cm³/mol. The molecule has 0 aromatic carbocycles. The van der Waals surface area contributed by atoms with Crippen molar-refractivity contribution in [1.29, 1.82) is 0 Å². The van der Waals surface area contributed by atoms with Crippen molar-refractivity contribution in [2.45, 2.75) is 0 Å². The average Bonchev–Trinajstić information content (AvgIpc) is 2.52. The van der Waals surface area contributed by atoms with E-state index in [0.717, 1.165) is 0 Å². The highest BCUT2D eigenvalue weighted by molar-refractivity contribution is 5.50. The minimum absolute atomic E-state index is 0.198. The molecule has 0 spiro atoms. The van der Waals surface area contributed by atoms with E-state index in [0.29, 0.717) is 11.4 Å². The molecule has 2 aromatic heterocycles. The summed E-state index contributed by atoms with van der Waals surface area (Å²) in [5, 5.41) is 7.89. The Hall–Kier alpha value is -1.98. The van der Waals surface area contributed by atoms with Gasteiger partial charge in [0.25, 0.3) is 5.56 Å². The summed E-state index contributed by atoms with van der Waals surface area (Å²) in [7, 11) is 1.71. The first-order valence-corrected chi connectivity index (χ1v) is 3.67. The van der Waals surface area contributed by atoms with Crippen LogP contribution >= 0.6 is 0 Å². The Kier molecular flexibility index (Phi) is 1.66. The standard InChI is InChI=1S/C7H7N5O/c1-12-10-3-6(11-12)5-2-7(13)9-4-8-5/h2-4H,1H3,(H,8,9,13). The Bertz CT molecular complexity index is 471. The summed E-state index contributed by atoms with van der Waals surface area (Å²) >= 11 is 0. The molecule has 66 valence electrons. The van der Waals surface area contributed by atoms with Gasteiger partial charge in [-0.1, -0.05) is 0 Å². The second kappa shape index (κ2) is 2.81. The van der Waals surface area contributed by atoms with Gasteiger partial charge in [0.1, 0.15) is 5.69 Å². The number of aromatic amines is 1. The molecular formula is C7H7N5O. The van der Waals surface area contributed by atoms with Crippen molar-refractivity contribution >= 4 is 0 Å². The van der Waals surface area contributed by atoms with Gasteiger partial charge in [0.05, 0.1) is 18.2 Å². The molecule has 0 aliphatic carbocycles. The van der Waals surface area contributed by atoms with Crippen LogP contribution < -0.4 is 5.56 Å². The number of H-pyrrole nitrogens is 1. The van der Waals surface area contributed by atoms with Crippen LogP contribution in [-0.4, -0.2) is 25.0 Å². The van der Waals surface area contributed by atoms with Gasteiger partial charge in [0, 0.05) is 13.1 Å². The number of nitrogens with one attached hydrogen (secondary N) is 1. The summed E-state index contributed by atoms with van der Waals surface area (Å²) in [5.41, 5.74) is 0.918. The van der Waals surface area contributed by atoms with Gasteiger partial charge in [-0.05, 0) is 0 Å². The van der Waals surface area contributed by atoms with Crippen LogP contribution in [0.15, 0.2) is 23.4 Å². The van der Waals surface area contributed by atoms with Gasteiger partial charge >= 0.3 is 0 Å². The topological polar surface area (TPSA) is 76.5 Å². The molecule has 6 heteroatoms. The second-order valence-corrected chi connectivity index (χ2v) is 2.52. The highest BCUT2D eigenvalue weighted by Gasteiger charge is 2.02. The highest BCUT2D eigenvalue weighted by Crippen LogP contribution is 2.07. The Labute approximate surface area is 73.2 Å². The van der Waals surface area contributed by atoms with Crippen LogP contribution in [0.5, 0.6) is 0 Å². The maximum Gasteiger partial charge on any atom is 0.251 e. The van der Waals surface area contributed by atoms with Crippen molar-refractivity contribution in [2.75, 3.05) is 0 Å². The van der Waals surface area contributed by atoms with E-state index in [9.17, 15) is 4.79 Å². The summed E-state index contributed by atoms with van der Waals surface area (Å²) in [6, 6.07) is 1.38. The quantitative estimate of drug-likeness (QED) is 0.641. The van der Waals surface area contributed by atoms with Crippen LogP contribution in [0.4, 0.5) is 0 Å². The van der Waals surface area contributed by atoms with Crippen LogP contribution in [0, 0.1) is 0 Å². The van der Waals surface area contributed by atoms with E-state index >= 15 is 0 Å². The molecule has 6 nitrogen and oxygen atoms in total. The molecule has 0 radical (unpaired) electrons. The van der Waals surface area contributed by atoms with Crippen LogP contribution in [0.25, 0.3) is 11.4 Å². The monoisotopic (exact) mass is 177 g/mol. The van der Waals surface area contributed by atoms with Gasteiger partial charge in [-0.15, -0.1) is 0 Å². The van der Waals surface area contributed by atoms with E-state index in [1.807, 2.05) is 0 Å². The summed E-state index contributed by atoms with van der Waals surface area (Å²) in [5.74, 6) is 0. The van der Waals surface area contributed by atoms with E-state index in [1.54, 1.807) is 13.2 Å². The van der Waals surface area contributed by atoms with Crippen molar-refractivity contribution in [2.24, 2.45) is 7.05 Å². The van der Waals surface area contributed by atoms with Crippen LogP contribution in [0.2, 0.25) is 0 Å². The molecule has 0 bridgehead atoms. The molecule has 0 amide bonds. The largest absolute Gasteiger partial charge is 0.313 e. The SMILES string of the molecule is Cn1ncc(-c2cc(=O)[nH]cn2)n1. The van der Waals surface area contributed by atoms with Crippen molar-refractivity contribution in [3.63, 3.8) is 0 Å². The fraction of sp³-hybridized carbons (Fsp3) is 0.143. The third-order valence-corrected chi connectivity index (χ3v) is 1.54. The van der Waals surface area contributed by atoms with Gasteiger partial charge < -0.3 is 4.98 Å². The molecule has 13 heavy (non-hydrogen) atoms. The Morgan fingerprint density at radius 3 is 2.92 bits per heavy atom. The van der Waals surface area contributed by atoms with Gasteiger partial charge in [-0.3, -0.25) is 4.79 Å². The molecule has 0 atom stereocenters. The third-order valence-electron chi connectivity index (χ3n) is 1.54. The lowest BCUT2D eigenvalue weighted by Gasteiger charge is -1.90. The molecule has 0 aliphatic heterocycles. The number of aryl methyl sites for hydroxylation is 1. The van der Waals surface area contributed by atoms with Gasteiger partial charge in [-0.2, -0.15) is 15.0 Å². The van der Waals surface area contributed by atoms with Crippen LogP contribution in [0.3, 0.4) is 0 Å². The van der Waals surface area contributed by atoms with E-state index in [1.165, 1.54) is 17.2 Å². The molecule has 1 N–H and O–H groups in total. The number of hydrogen-bond acceptors (Lipinski definition) is 4. The number of aromatic nitrogens is 5. The molecule has 2 aromatic rings. The van der Waals surface area contributed by atoms with Crippen molar-refractivity contribution in [3.05, 3.63) is 28.9 Å². The predicted octanol–water partition coefficient (Wildman–Crippen LogP) is -0.435. The molecule has 2 heterocycles. The molecule has 0 saturated carbocycles. The van der Waals surface area contributed by atoms with Crippen LogP contribution in [-0.2, 0) is 7.05 Å². The fourth-order valence-corrected chi connectivity index (χ4v) is 0.972. The van der Waals surface area contributed by atoms with Crippen molar-refractivity contribution < 1.29 is 0 Å². The molecule has 0 aliphatic rings. The number of hydrogen-bond donors (Lipinski definition) is 1. The zero-order chi connectivity index (χ0) is 9.26. The lowest BCUT2D eigenvalue weighted by Crippen LogP contribution is -2.04. The maximum atomic E-state index is 10.9. The maximum absolute atomic E-state index is 10.9. The highest BCUT2D eigenvalue weighted by atomic mass is 16.1. The molecule has 2 rings (SSSR count). The minimum atomic E-state index is -0.198. The Morgan fingerprint density at radius 1 is 1.46 bits per heavy atom. The van der Waals surface area contributed by atoms with E-state index in [-0.39, 0.29) is 5.56 Å². The lowest BCUT2D eigenvalue weighted by atomic mass is 10.3.